The van der Waals surface area contributed by atoms with Crippen LogP contribution in [0.4, 0.5) is 5.69 Å². The number of hydrogen-bond acceptors (Lipinski definition) is 1. The largest absolute Gasteiger partial charge is 0.355 e. The first-order valence-corrected chi connectivity index (χ1v) is 13.6. The molecule has 1 atom stereocenters. The Kier molecular flexibility index (Phi) is 11.6. The van der Waals surface area contributed by atoms with Crippen LogP contribution in [0.5, 0.6) is 0 Å². The van der Waals surface area contributed by atoms with Gasteiger partial charge in [0, 0.05) is 23.4 Å². The molecule has 1 heteroatoms. The Morgan fingerprint density at radius 1 is 0.925 bits per heavy atom. The molecule has 0 spiro atoms. The van der Waals surface area contributed by atoms with Gasteiger partial charge in [-0.3, -0.25) is 0 Å². The predicted molar refractivity (Wildman–Crippen MR) is 176 cm³/mol. The van der Waals surface area contributed by atoms with E-state index in [4.69, 9.17) is 0 Å². The Morgan fingerprint density at radius 3 is 2.23 bits per heavy atom. The van der Waals surface area contributed by atoms with Crippen LogP contribution in [-0.4, -0.2) is 0 Å². The smallest absolute Gasteiger partial charge is 0.0431 e. The van der Waals surface area contributed by atoms with Gasteiger partial charge in [-0.15, -0.1) is 11.5 Å². The number of anilines is 1. The number of aryl methyl sites for hydroxylation is 2. The molecule has 200 valence electrons. The summed E-state index contributed by atoms with van der Waals surface area (Å²) in [6.45, 7) is 15.7. The predicted octanol–water partition coefficient (Wildman–Crippen LogP) is 10.7. The summed E-state index contributed by atoms with van der Waals surface area (Å²) in [7, 11) is 0. The Balaban J connectivity index is 0.000000285. The molecule has 3 aromatic carbocycles. The summed E-state index contributed by atoms with van der Waals surface area (Å²) in [6, 6.07) is 25.5. The number of benzene rings is 3. The highest BCUT2D eigenvalue weighted by molar-refractivity contribution is 5.73. The summed E-state index contributed by atoms with van der Waals surface area (Å²) in [5.41, 5.74) is 16.7. The lowest BCUT2D eigenvalue weighted by molar-refractivity contribution is 0.988. The lowest BCUT2D eigenvalue weighted by Gasteiger charge is -2.15. The van der Waals surface area contributed by atoms with Crippen molar-refractivity contribution in [2.45, 2.75) is 27.7 Å². The van der Waals surface area contributed by atoms with Gasteiger partial charge in [0.15, 0.2) is 0 Å². The highest BCUT2D eigenvalue weighted by Crippen LogP contribution is 2.25. The van der Waals surface area contributed by atoms with Crippen LogP contribution in [-0.2, 0) is 0 Å². The first-order chi connectivity index (χ1) is 19.5. The van der Waals surface area contributed by atoms with Crippen molar-refractivity contribution in [1.29, 1.82) is 0 Å². The number of hydrogen-bond donors (Lipinski definition) is 1. The molecular formula is C39H39N. The molecule has 1 aliphatic carbocycles. The molecule has 0 saturated heterocycles. The highest BCUT2D eigenvalue weighted by Gasteiger charge is 2.09. The van der Waals surface area contributed by atoms with Crippen LogP contribution in [0.25, 0.3) is 16.7 Å². The summed E-state index contributed by atoms with van der Waals surface area (Å²) in [5.74, 6) is 0.179. The summed E-state index contributed by atoms with van der Waals surface area (Å²) >= 11 is 0. The molecule has 1 nitrogen and oxygen atoms in total. The molecule has 0 aromatic heterocycles. The van der Waals surface area contributed by atoms with Crippen LogP contribution in [0.1, 0.15) is 30.5 Å². The fourth-order valence-corrected chi connectivity index (χ4v) is 4.25. The van der Waals surface area contributed by atoms with Gasteiger partial charge < -0.3 is 5.32 Å². The molecule has 1 aliphatic rings. The van der Waals surface area contributed by atoms with Crippen molar-refractivity contribution in [3.63, 3.8) is 0 Å². The SMILES string of the molecule is C=C/C(=C\C=C/C)C1C=C=CC(Nc2ccc(-c3ccc(C)cc3)cc2)=C1.C=C=C/C(=C\C)c1cccc(C)c1. The minimum atomic E-state index is 0.179. The molecule has 1 N–H and O–H groups in total. The monoisotopic (exact) mass is 521 g/mol. The summed E-state index contributed by atoms with van der Waals surface area (Å²) < 4.78 is 0. The molecule has 0 heterocycles. The summed E-state index contributed by atoms with van der Waals surface area (Å²) in [6.07, 6.45) is 18.2. The van der Waals surface area contributed by atoms with Gasteiger partial charge in [0.2, 0.25) is 0 Å². The van der Waals surface area contributed by atoms with Gasteiger partial charge in [-0.2, -0.15) is 0 Å². The van der Waals surface area contributed by atoms with E-state index in [0.717, 1.165) is 17.0 Å². The van der Waals surface area contributed by atoms with Crippen molar-refractivity contribution in [2.75, 3.05) is 5.32 Å². The van der Waals surface area contributed by atoms with Crippen molar-refractivity contribution in [2.24, 2.45) is 5.92 Å². The van der Waals surface area contributed by atoms with Crippen molar-refractivity contribution >= 4 is 11.3 Å². The second-order valence-corrected chi connectivity index (χ2v) is 9.55. The second kappa shape index (κ2) is 15.6. The maximum Gasteiger partial charge on any atom is 0.0431 e. The minimum Gasteiger partial charge on any atom is -0.355 e. The standard InChI is InChI=1S/C26H25N.C13H14/c1-4-6-8-21(5-2)24-9-7-10-26(19-24)27-25-17-15-23(16-18-25)22-13-11-20(3)12-14-22;1-4-7-12(5-2)13-9-6-8-11(3)10-13/h4-6,8-19,24,27H,2H2,1,3H3;5-10H,1H2,2-3H3/b6-4-,21-8+;12-5+. The highest BCUT2D eigenvalue weighted by atomic mass is 14.9. The topological polar surface area (TPSA) is 12.0 Å². The molecule has 40 heavy (non-hydrogen) atoms. The van der Waals surface area contributed by atoms with E-state index in [1.165, 1.54) is 33.4 Å². The van der Waals surface area contributed by atoms with Crippen LogP contribution in [0, 0.1) is 19.8 Å². The molecule has 0 radical (unpaired) electrons. The van der Waals surface area contributed by atoms with Crippen molar-refractivity contribution < 1.29 is 0 Å². The summed E-state index contributed by atoms with van der Waals surface area (Å²) in [5, 5.41) is 3.48. The zero-order chi connectivity index (χ0) is 28.7. The fraction of sp³-hybridized carbons (Fsp3) is 0.128. The van der Waals surface area contributed by atoms with Gasteiger partial charge in [0.1, 0.15) is 0 Å². The van der Waals surface area contributed by atoms with Crippen LogP contribution in [0.2, 0.25) is 0 Å². The number of rotatable bonds is 8. The second-order valence-electron chi connectivity index (χ2n) is 9.55. The molecule has 0 fully saturated rings. The van der Waals surface area contributed by atoms with Crippen molar-refractivity contribution in [3.05, 3.63) is 180 Å². The van der Waals surface area contributed by atoms with Crippen molar-refractivity contribution in [1.82, 2.24) is 0 Å². The Hall–Kier alpha value is -4.80. The Labute approximate surface area is 241 Å². The van der Waals surface area contributed by atoms with Gasteiger partial charge in [-0.25, -0.2) is 0 Å². The van der Waals surface area contributed by atoms with Gasteiger partial charge in [0.25, 0.3) is 0 Å². The zero-order valence-corrected chi connectivity index (χ0v) is 24.1. The van der Waals surface area contributed by atoms with Gasteiger partial charge in [-0.05, 0) is 85.9 Å². The third-order valence-corrected chi connectivity index (χ3v) is 6.45. The van der Waals surface area contributed by atoms with E-state index in [2.05, 4.69) is 141 Å². The Morgan fingerprint density at radius 2 is 1.62 bits per heavy atom. The normalized spacial score (nSPS) is 14.6. The van der Waals surface area contributed by atoms with E-state index in [1.54, 1.807) is 0 Å². The van der Waals surface area contributed by atoms with Crippen LogP contribution in [0.3, 0.4) is 0 Å². The van der Waals surface area contributed by atoms with Crippen LogP contribution >= 0.6 is 0 Å². The zero-order valence-electron chi connectivity index (χ0n) is 24.1. The quantitative estimate of drug-likeness (QED) is 0.230. The third-order valence-electron chi connectivity index (χ3n) is 6.45. The maximum atomic E-state index is 3.93. The molecule has 0 aliphatic heterocycles. The van der Waals surface area contributed by atoms with Crippen LogP contribution in [0.15, 0.2) is 163 Å². The molecule has 0 amide bonds. The van der Waals surface area contributed by atoms with E-state index in [1.807, 2.05) is 44.2 Å². The van der Waals surface area contributed by atoms with Crippen molar-refractivity contribution in [3.8, 4) is 11.1 Å². The number of allylic oxidation sites excluding steroid dienone is 10. The van der Waals surface area contributed by atoms with E-state index in [9.17, 15) is 0 Å². The van der Waals surface area contributed by atoms with E-state index < -0.39 is 0 Å². The van der Waals surface area contributed by atoms with E-state index in [-0.39, 0.29) is 5.92 Å². The first kappa shape index (κ1) is 29.8. The third kappa shape index (κ3) is 8.90. The lowest BCUT2D eigenvalue weighted by Crippen LogP contribution is -2.04. The van der Waals surface area contributed by atoms with E-state index >= 15 is 0 Å². The molecule has 4 rings (SSSR count). The van der Waals surface area contributed by atoms with Gasteiger partial charge in [-0.1, -0.05) is 115 Å². The van der Waals surface area contributed by atoms with Crippen LogP contribution < -0.4 is 5.32 Å². The molecule has 0 bridgehead atoms. The fourth-order valence-electron chi connectivity index (χ4n) is 4.25. The molecule has 3 aromatic rings. The average molecular weight is 522 g/mol. The van der Waals surface area contributed by atoms with E-state index in [0.29, 0.717) is 0 Å². The summed E-state index contributed by atoms with van der Waals surface area (Å²) in [4.78, 5) is 0. The first-order valence-electron chi connectivity index (χ1n) is 13.6. The maximum absolute atomic E-state index is 3.93. The average Bonchev–Trinajstić information content (AvgIpc) is 2.98. The lowest BCUT2D eigenvalue weighted by atomic mass is 9.95. The molecule has 0 saturated carbocycles. The van der Waals surface area contributed by atoms with Gasteiger partial charge >= 0.3 is 0 Å². The Bertz CT molecular complexity index is 1520. The van der Waals surface area contributed by atoms with Gasteiger partial charge in [0.05, 0.1) is 0 Å². The minimum absolute atomic E-state index is 0.179. The molecule has 1 unspecified atom stereocenters. The number of nitrogens with one attached hydrogen (secondary N) is 1. The molecular weight excluding hydrogens is 482 g/mol.